The van der Waals surface area contributed by atoms with Crippen molar-refractivity contribution in [3.05, 3.63) is 12.2 Å². The highest BCUT2D eigenvalue weighted by Crippen LogP contribution is 2.47. The Bertz CT molecular complexity index is 617. The van der Waals surface area contributed by atoms with E-state index in [-0.39, 0.29) is 18.1 Å². The summed E-state index contributed by atoms with van der Waals surface area (Å²) in [6, 6.07) is 0. The van der Waals surface area contributed by atoms with Gasteiger partial charge in [-0.25, -0.2) is 0 Å². The number of fused-ring (bicyclic) bond motifs is 2. The van der Waals surface area contributed by atoms with Gasteiger partial charge in [-0.05, 0) is 63.2 Å². The van der Waals surface area contributed by atoms with Crippen molar-refractivity contribution in [1.29, 1.82) is 0 Å². The van der Waals surface area contributed by atoms with E-state index in [4.69, 9.17) is 9.84 Å². The van der Waals surface area contributed by atoms with Crippen LogP contribution in [0.2, 0.25) is 0 Å². The molecule has 4 atom stereocenters. The topological polar surface area (TPSA) is 92.7 Å². The minimum absolute atomic E-state index is 0.0111. The maximum absolute atomic E-state index is 12.0. The van der Waals surface area contributed by atoms with Gasteiger partial charge < -0.3 is 15.2 Å². The standard InChI is InChI=1S/C26H43NO5/c1-2-3-6-11-20(28)15-18-25(29)27-19-10-9-13-22-21(23-16-17-24(22)32-23)12-7-4-5-8-14-26(30)31/h4,7,21-24H,2-3,5-6,8-19H2,1H3,(H,27,29)(H,30,31)/t21-,22+,23-,24+/m1/s1. The van der Waals surface area contributed by atoms with Crippen LogP contribution in [-0.4, -0.2) is 41.5 Å². The average Bonchev–Trinajstić information content (AvgIpc) is 3.36. The Balaban J connectivity index is 1.57. The molecule has 0 aliphatic carbocycles. The molecule has 6 nitrogen and oxygen atoms in total. The number of Topliss-reactive ketones (excluding diaryl/α,β-unsaturated/α-hetero) is 1. The highest BCUT2D eigenvalue weighted by molar-refractivity contribution is 5.84. The molecule has 2 aliphatic heterocycles. The van der Waals surface area contributed by atoms with Crippen molar-refractivity contribution in [2.24, 2.45) is 11.8 Å². The van der Waals surface area contributed by atoms with Crippen LogP contribution in [0.5, 0.6) is 0 Å². The van der Waals surface area contributed by atoms with Crippen molar-refractivity contribution in [2.75, 3.05) is 6.54 Å². The van der Waals surface area contributed by atoms with Gasteiger partial charge in [-0.3, -0.25) is 14.4 Å². The van der Waals surface area contributed by atoms with Crippen LogP contribution in [0.1, 0.15) is 103 Å². The number of rotatable bonds is 18. The van der Waals surface area contributed by atoms with E-state index in [0.717, 1.165) is 64.2 Å². The van der Waals surface area contributed by atoms with Crippen molar-refractivity contribution >= 4 is 17.7 Å². The largest absolute Gasteiger partial charge is 0.481 e. The second kappa shape index (κ2) is 15.2. The molecule has 0 spiro atoms. The van der Waals surface area contributed by atoms with Gasteiger partial charge in [0.05, 0.1) is 12.2 Å². The van der Waals surface area contributed by atoms with Crippen LogP contribution in [0, 0.1) is 11.8 Å². The Labute approximate surface area is 193 Å². The number of hydrogen-bond donors (Lipinski definition) is 2. The summed E-state index contributed by atoms with van der Waals surface area (Å²) in [4.78, 5) is 34.3. The van der Waals surface area contributed by atoms with Crippen LogP contribution in [0.25, 0.3) is 0 Å². The second-order valence-corrected chi connectivity index (χ2v) is 9.45. The van der Waals surface area contributed by atoms with Crippen molar-refractivity contribution in [1.82, 2.24) is 5.32 Å². The fraction of sp³-hybridized carbons (Fsp3) is 0.808. The minimum atomic E-state index is -0.730. The number of carbonyl (C=O) groups is 3. The third-order valence-electron chi connectivity index (χ3n) is 6.90. The highest BCUT2D eigenvalue weighted by Gasteiger charge is 2.47. The zero-order valence-corrected chi connectivity index (χ0v) is 19.9. The summed E-state index contributed by atoms with van der Waals surface area (Å²) >= 11 is 0. The van der Waals surface area contributed by atoms with Crippen molar-refractivity contribution in [2.45, 2.75) is 115 Å². The molecule has 0 saturated carbocycles. The number of aliphatic carboxylic acids is 1. The average molecular weight is 450 g/mol. The Morgan fingerprint density at radius 1 is 0.906 bits per heavy atom. The molecule has 2 bridgehead atoms. The lowest BCUT2D eigenvalue weighted by Gasteiger charge is -2.27. The second-order valence-electron chi connectivity index (χ2n) is 9.45. The monoisotopic (exact) mass is 449 g/mol. The molecule has 2 N–H and O–H groups in total. The lowest BCUT2D eigenvalue weighted by molar-refractivity contribution is -0.137. The number of nitrogens with one attached hydrogen (secondary N) is 1. The third kappa shape index (κ3) is 9.85. The maximum Gasteiger partial charge on any atom is 0.303 e. The first kappa shape index (κ1) is 26.6. The lowest BCUT2D eigenvalue weighted by atomic mass is 9.75. The summed E-state index contributed by atoms with van der Waals surface area (Å²) in [6.07, 6.45) is 17.8. The van der Waals surface area contributed by atoms with Crippen LogP contribution in [0.4, 0.5) is 0 Å². The molecular weight excluding hydrogens is 406 g/mol. The van der Waals surface area contributed by atoms with E-state index >= 15 is 0 Å². The van der Waals surface area contributed by atoms with Gasteiger partial charge in [-0.2, -0.15) is 0 Å². The molecule has 2 rings (SSSR count). The van der Waals surface area contributed by atoms with Gasteiger partial charge in [0.25, 0.3) is 0 Å². The Kier molecular flexibility index (Phi) is 12.6. The molecule has 2 fully saturated rings. The van der Waals surface area contributed by atoms with E-state index in [1.807, 2.05) is 0 Å². The van der Waals surface area contributed by atoms with Crippen molar-refractivity contribution < 1.29 is 24.2 Å². The van der Waals surface area contributed by atoms with Crippen LogP contribution in [-0.2, 0) is 19.1 Å². The van der Waals surface area contributed by atoms with Crippen LogP contribution < -0.4 is 5.32 Å². The number of carboxylic acid groups (broad SMARTS) is 1. The normalized spacial score (nSPS) is 24.3. The van der Waals surface area contributed by atoms with E-state index in [0.29, 0.717) is 56.3 Å². The molecule has 0 aromatic carbocycles. The molecule has 0 radical (unpaired) electrons. The van der Waals surface area contributed by atoms with Gasteiger partial charge in [0.1, 0.15) is 5.78 Å². The van der Waals surface area contributed by atoms with E-state index in [9.17, 15) is 14.4 Å². The van der Waals surface area contributed by atoms with E-state index in [1.54, 1.807) is 0 Å². The number of amides is 1. The first-order valence-electron chi connectivity index (χ1n) is 12.8. The molecule has 1 amide bonds. The van der Waals surface area contributed by atoms with Gasteiger partial charge in [0.2, 0.25) is 5.91 Å². The number of ether oxygens (including phenoxy) is 1. The summed E-state index contributed by atoms with van der Waals surface area (Å²) in [5, 5.41) is 11.7. The molecule has 2 aliphatic rings. The minimum Gasteiger partial charge on any atom is -0.481 e. The maximum atomic E-state index is 12.0. The molecule has 2 saturated heterocycles. The SMILES string of the molecule is CCCCCC(=O)CCC(=O)NCCCC[C@H]1[C@@H](CC=CCCCC(=O)O)[C@H]2CC[C@@H]1O2. The zero-order chi connectivity index (χ0) is 23.2. The Hall–Kier alpha value is -1.69. The molecule has 182 valence electrons. The molecule has 32 heavy (non-hydrogen) atoms. The molecule has 0 aromatic rings. The van der Waals surface area contributed by atoms with Gasteiger partial charge >= 0.3 is 5.97 Å². The summed E-state index contributed by atoms with van der Waals surface area (Å²) in [6.45, 7) is 2.80. The van der Waals surface area contributed by atoms with Gasteiger partial charge in [-0.1, -0.05) is 38.3 Å². The highest BCUT2D eigenvalue weighted by atomic mass is 16.5. The van der Waals surface area contributed by atoms with Crippen molar-refractivity contribution in [3.8, 4) is 0 Å². The van der Waals surface area contributed by atoms with Crippen molar-refractivity contribution in [3.63, 3.8) is 0 Å². The fourth-order valence-electron chi connectivity index (χ4n) is 5.11. The molecule has 0 aromatic heterocycles. The number of carbonyl (C=O) groups excluding carboxylic acids is 2. The van der Waals surface area contributed by atoms with Crippen LogP contribution >= 0.6 is 0 Å². The number of unbranched alkanes of at least 4 members (excludes halogenated alkanes) is 4. The van der Waals surface area contributed by atoms with Crippen LogP contribution in [0.3, 0.4) is 0 Å². The lowest BCUT2D eigenvalue weighted by Crippen LogP contribution is -2.28. The predicted octanol–water partition coefficient (Wildman–Crippen LogP) is 5.20. The third-order valence-corrected chi connectivity index (χ3v) is 6.90. The molecule has 2 heterocycles. The summed E-state index contributed by atoms with van der Waals surface area (Å²) in [5.74, 6) is 0.619. The van der Waals surface area contributed by atoms with E-state index in [2.05, 4.69) is 24.4 Å². The Morgan fingerprint density at radius 2 is 1.69 bits per heavy atom. The number of ketones is 1. The van der Waals surface area contributed by atoms with E-state index < -0.39 is 5.97 Å². The molecule has 6 heteroatoms. The Morgan fingerprint density at radius 3 is 2.44 bits per heavy atom. The van der Waals surface area contributed by atoms with Gasteiger partial charge in [0.15, 0.2) is 0 Å². The summed E-state index contributed by atoms with van der Waals surface area (Å²) in [7, 11) is 0. The zero-order valence-electron chi connectivity index (χ0n) is 19.9. The summed E-state index contributed by atoms with van der Waals surface area (Å²) < 4.78 is 6.18. The molecular formula is C26H43NO5. The predicted molar refractivity (Wildman–Crippen MR) is 125 cm³/mol. The quantitative estimate of drug-likeness (QED) is 0.222. The summed E-state index contributed by atoms with van der Waals surface area (Å²) in [5.41, 5.74) is 0. The fourth-order valence-corrected chi connectivity index (χ4v) is 5.11. The van der Waals surface area contributed by atoms with E-state index in [1.165, 1.54) is 0 Å². The number of allylic oxidation sites excluding steroid dienone is 2. The number of carboxylic acids is 1. The first-order chi connectivity index (χ1) is 15.5. The van der Waals surface area contributed by atoms with Gasteiger partial charge in [-0.15, -0.1) is 0 Å². The van der Waals surface area contributed by atoms with Gasteiger partial charge in [0, 0.05) is 32.2 Å². The smallest absolute Gasteiger partial charge is 0.303 e. The first-order valence-corrected chi connectivity index (χ1v) is 12.8. The number of hydrogen-bond acceptors (Lipinski definition) is 4. The van der Waals surface area contributed by atoms with Crippen LogP contribution in [0.15, 0.2) is 12.2 Å². The molecule has 0 unspecified atom stereocenters.